The molecular weight excluding hydrogens is 288 g/mol. The number of hydrogen-bond donors (Lipinski definition) is 0. The fourth-order valence-corrected chi connectivity index (χ4v) is 6.36. The van der Waals surface area contributed by atoms with Gasteiger partial charge in [-0.3, -0.25) is 14.4 Å². The summed E-state index contributed by atoms with van der Waals surface area (Å²) in [7, 11) is 0. The minimum Gasteiger partial charge on any atom is -0.299 e. The van der Waals surface area contributed by atoms with Gasteiger partial charge in [0.15, 0.2) is 5.78 Å². The van der Waals surface area contributed by atoms with E-state index >= 15 is 0 Å². The first-order chi connectivity index (χ1) is 10.9. The van der Waals surface area contributed by atoms with E-state index in [-0.39, 0.29) is 22.9 Å². The van der Waals surface area contributed by atoms with Gasteiger partial charge in [-0.2, -0.15) is 0 Å². The lowest BCUT2D eigenvalue weighted by atomic mass is 9.44. The molecule has 0 N–H and O–H groups in total. The van der Waals surface area contributed by atoms with Gasteiger partial charge in [-0.15, -0.1) is 0 Å². The number of rotatable bonds is 0. The topological polar surface area (TPSA) is 51.2 Å². The van der Waals surface area contributed by atoms with Gasteiger partial charge in [0.25, 0.3) is 0 Å². The average molecular weight is 314 g/mol. The molecule has 4 aliphatic carbocycles. The molecule has 124 valence electrons. The highest BCUT2D eigenvalue weighted by Gasteiger charge is 2.60. The molecule has 3 fully saturated rings. The molecule has 0 saturated heterocycles. The molecule has 3 saturated carbocycles. The predicted octanol–water partition coefficient (Wildman–Crippen LogP) is 3.66. The van der Waals surface area contributed by atoms with Crippen LogP contribution in [0.4, 0.5) is 0 Å². The van der Waals surface area contributed by atoms with Crippen molar-refractivity contribution in [1.82, 2.24) is 0 Å². The van der Waals surface area contributed by atoms with Crippen molar-refractivity contribution in [3.05, 3.63) is 11.6 Å². The van der Waals surface area contributed by atoms with Gasteiger partial charge in [-0.25, -0.2) is 0 Å². The summed E-state index contributed by atoms with van der Waals surface area (Å²) in [4.78, 5) is 37.5. The van der Waals surface area contributed by atoms with Crippen LogP contribution in [-0.4, -0.2) is 17.3 Å². The summed E-state index contributed by atoms with van der Waals surface area (Å²) < 4.78 is 0. The molecule has 5 atom stereocenters. The fraction of sp³-hybridized carbons (Fsp3) is 0.750. The Hall–Kier alpha value is -1.25. The van der Waals surface area contributed by atoms with Crippen molar-refractivity contribution >= 4 is 17.3 Å². The Bertz CT molecular complexity index is 631. The maximum absolute atomic E-state index is 13.1. The molecule has 0 aromatic heterocycles. The first kappa shape index (κ1) is 15.3. The molecule has 4 aliphatic rings. The summed E-state index contributed by atoms with van der Waals surface area (Å²) in [5, 5.41) is 0. The third-order valence-corrected chi connectivity index (χ3v) is 7.60. The Labute approximate surface area is 137 Å². The van der Waals surface area contributed by atoms with Crippen LogP contribution in [0.25, 0.3) is 0 Å². The van der Waals surface area contributed by atoms with Crippen molar-refractivity contribution in [1.29, 1.82) is 0 Å². The Morgan fingerprint density at radius 1 is 1.00 bits per heavy atom. The molecule has 4 rings (SSSR count). The summed E-state index contributed by atoms with van der Waals surface area (Å²) in [6.07, 6.45) is 8.24. The molecule has 0 radical (unpaired) electrons. The van der Waals surface area contributed by atoms with Crippen LogP contribution in [0.1, 0.15) is 65.2 Å². The number of carbonyl (C=O) groups is 3. The normalized spacial score (nSPS) is 46.6. The van der Waals surface area contributed by atoms with Crippen molar-refractivity contribution in [3.8, 4) is 0 Å². The maximum atomic E-state index is 13.1. The lowest BCUT2D eigenvalue weighted by Gasteiger charge is -2.58. The van der Waals surface area contributed by atoms with Crippen LogP contribution in [0.3, 0.4) is 0 Å². The minimum absolute atomic E-state index is 0.0274. The maximum Gasteiger partial charge on any atom is 0.155 e. The molecule has 0 bridgehead atoms. The lowest BCUT2D eigenvalue weighted by Crippen LogP contribution is -2.58. The van der Waals surface area contributed by atoms with Crippen LogP contribution in [0.15, 0.2) is 11.6 Å². The monoisotopic (exact) mass is 314 g/mol. The van der Waals surface area contributed by atoms with Gasteiger partial charge in [-0.1, -0.05) is 19.4 Å². The zero-order valence-electron chi connectivity index (χ0n) is 14.2. The molecule has 3 heteroatoms. The number of ketones is 3. The fourth-order valence-electron chi connectivity index (χ4n) is 6.36. The second-order valence-corrected chi connectivity index (χ2v) is 8.72. The van der Waals surface area contributed by atoms with Crippen molar-refractivity contribution in [2.45, 2.75) is 65.2 Å². The van der Waals surface area contributed by atoms with Crippen molar-refractivity contribution in [2.24, 2.45) is 28.6 Å². The number of carbonyl (C=O) groups excluding carboxylic acids is 3. The zero-order chi connectivity index (χ0) is 16.4. The highest BCUT2D eigenvalue weighted by atomic mass is 16.1. The van der Waals surface area contributed by atoms with Gasteiger partial charge >= 0.3 is 0 Å². The second-order valence-electron chi connectivity index (χ2n) is 8.72. The van der Waals surface area contributed by atoms with Crippen molar-refractivity contribution in [3.63, 3.8) is 0 Å². The molecule has 0 amide bonds. The molecule has 0 spiro atoms. The third-order valence-electron chi connectivity index (χ3n) is 7.60. The molecule has 0 unspecified atom stereocenters. The Balaban J connectivity index is 1.76. The summed E-state index contributed by atoms with van der Waals surface area (Å²) >= 11 is 0. The standard InChI is InChI=1S/C20H26O3/c1-19-9-8-13(21)10-12(19)6-7-14-15-4-3-5-17(23)20(15,2)11-16(22)18(14)19/h10,14-15,18H,3-9,11H2,1-2H3/t14-,15-,18+,19+,20-/m0/s1. The van der Waals surface area contributed by atoms with E-state index in [9.17, 15) is 14.4 Å². The van der Waals surface area contributed by atoms with Crippen LogP contribution in [-0.2, 0) is 14.4 Å². The first-order valence-electron chi connectivity index (χ1n) is 9.16. The zero-order valence-corrected chi connectivity index (χ0v) is 14.2. The summed E-state index contributed by atoms with van der Waals surface area (Å²) in [6.45, 7) is 4.25. The molecule has 3 nitrogen and oxygen atoms in total. The third kappa shape index (κ3) is 1.98. The SMILES string of the molecule is C[C@]12CC(=O)[C@H]3[C@@H](CCC4=CC(=O)CC[C@]43C)[C@@H]1CCCC2=O. The van der Waals surface area contributed by atoms with Crippen LogP contribution in [0, 0.1) is 28.6 Å². The molecule has 0 aliphatic heterocycles. The van der Waals surface area contributed by atoms with E-state index in [0.717, 1.165) is 32.1 Å². The summed E-state index contributed by atoms with van der Waals surface area (Å²) in [5.74, 6) is 1.54. The van der Waals surface area contributed by atoms with E-state index in [0.29, 0.717) is 36.9 Å². The van der Waals surface area contributed by atoms with Crippen LogP contribution >= 0.6 is 0 Å². The summed E-state index contributed by atoms with van der Waals surface area (Å²) in [5.41, 5.74) is 0.642. The second kappa shape index (κ2) is 4.87. The van der Waals surface area contributed by atoms with Crippen molar-refractivity contribution in [2.75, 3.05) is 0 Å². The molecule has 0 heterocycles. The van der Waals surface area contributed by atoms with Gasteiger partial charge < -0.3 is 0 Å². The largest absolute Gasteiger partial charge is 0.299 e. The van der Waals surface area contributed by atoms with E-state index in [1.807, 2.05) is 13.0 Å². The molecule has 0 aromatic rings. The lowest BCUT2D eigenvalue weighted by molar-refractivity contribution is -0.158. The van der Waals surface area contributed by atoms with Gasteiger partial charge in [0, 0.05) is 30.6 Å². The predicted molar refractivity (Wildman–Crippen MR) is 86.7 cm³/mol. The Morgan fingerprint density at radius 2 is 1.78 bits per heavy atom. The molecular formula is C20H26O3. The smallest absolute Gasteiger partial charge is 0.155 e. The van der Waals surface area contributed by atoms with Crippen LogP contribution in [0.5, 0.6) is 0 Å². The Kier molecular flexibility index (Phi) is 3.24. The Morgan fingerprint density at radius 3 is 2.57 bits per heavy atom. The van der Waals surface area contributed by atoms with Gasteiger partial charge in [-0.05, 0) is 55.4 Å². The van der Waals surface area contributed by atoms with Gasteiger partial charge in [0.2, 0.25) is 0 Å². The van der Waals surface area contributed by atoms with E-state index in [1.54, 1.807) is 0 Å². The highest BCUT2D eigenvalue weighted by molar-refractivity contribution is 5.96. The minimum atomic E-state index is -0.418. The summed E-state index contributed by atoms with van der Waals surface area (Å²) in [6, 6.07) is 0. The quantitative estimate of drug-likeness (QED) is 0.685. The van der Waals surface area contributed by atoms with E-state index < -0.39 is 5.41 Å². The highest BCUT2D eigenvalue weighted by Crippen LogP contribution is 2.62. The number of allylic oxidation sites excluding steroid dienone is 2. The first-order valence-corrected chi connectivity index (χ1v) is 9.16. The number of hydrogen-bond acceptors (Lipinski definition) is 3. The number of Topliss-reactive ketones (excluding diaryl/α,β-unsaturated/α-hetero) is 2. The van der Waals surface area contributed by atoms with E-state index in [4.69, 9.17) is 0 Å². The van der Waals surface area contributed by atoms with Gasteiger partial charge in [0.1, 0.15) is 11.6 Å². The van der Waals surface area contributed by atoms with Gasteiger partial charge in [0.05, 0.1) is 0 Å². The van der Waals surface area contributed by atoms with Crippen molar-refractivity contribution < 1.29 is 14.4 Å². The molecule has 0 aromatic carbocycles. The molecule has 23 heavy (non-hydrogen) atoms. The average Bonchev–Trinajstić information content (AvgIpc) is 2.49. The van der Waals surface area contributed by atoms with Crippen LogP contribution in [0.2, 0.25) is 0 Å². The van der Waals surface area contributed by atoms with E-state index in [2.05, 4.69) is 6.92 Å². The van der Waals surface area contributed by atoms with Crippen LogP contribution < -0.4 is 0 Å². The number of fused-ring (bicyclic) bond motifs is 5. The van der Waals surface area contributed by atoms with E-state index in [1.165, 1.54) is 5.57 Å².